The Hall–Kier alpha value is -1.88. The monoisotopic (exact) mass is 262 g/mol. The number of benzene rings is 1. The highest BCUT2D eigenvalue weighted by molar-refractivity contribution is 5.97. The fourth-order valence-corrected chi connectivity index (χ4v) is 2.15. The second-order valence-corrected chi connectivity index (χ2v) is 4.71. The molecule has 1 fully saturated rings. The van der Waals surface area contributed by atoms with Crippen molar-refractivity contribution in [3.8, 4) is 5.75 Å². The number of nitrogens with two attached hydrogens (primary N) is 1. The minimum atomic E-state index is -0.211. The molecular weight excluding hydrogens is 244 g/mol. The molecule has 102 valence electrons. The van der Waals surface area contributed by atoms with Crippen molar-refractivity contribution in [1.82, 2.24) is 4.90 Å². The van der Waals surface area contributed by atoms with Crippen LogP contribution in [0.15, 0.2) is 24.3 Å². The Balaban J connectivity index is 1.87. The smallest absolute Gasteiger partial charge is 0.230 e. The molecule has 0 saturated carbocycles. The van der Waals surface area contributed by atoms with Gasteiger partial charge in [-0.05, 0) is 24.1 Å². The van der Waals surface area contributed by atoms with Gasteiger partial charge < -0.3 is 10.5 Å². The van der Waals surface area contributed by atoms with E-state index in [1.165, 1.54) is 4.90 Å². The lowest BCUT2D eigenvalue weighted by Crippen LogP contribution is -2.34. The number of imide groups is 1. The molecule has 1 aliphatic rings. The first kappa shape index (κ1) is 13.5. The van der Waals surface area contributed by atoms with Crippen LogP contribution in [0, 0.1) is 0 Å². The minimum absolute atomic E-state index is 0.145. The number of ether oxygens (including phenoxy) is 1. The summed E-state index contributed by atoms with van der Waals surface area (Å²) in [6, 6.07) is 7.35. The van der Waals surface area contributed by atoms with E-state index in [9.17, 15) is 9.59 Å². The van der Waals surface area contributed by atoms with Crippen LogP contribution in [0.4, 0.5) is 0 Å². The predicted octanol–water partition coefficient (Wildman–Crippen LogP) is 0.714. The molecule has 5 nitrogen and oxygen atoms in total. The second kappa shape index (κ2) is 5.84. The third-order valence-corrected chi connectivity index (χ3v) is 3.24. The van der Waals surface area contributed by atoms with Gasteiger partial charge in [0.05, 0.1) is 7.11 Å². The number of aryl methyl sites for hydroxylation is 1. The third kappa shape index (κ3) is 3.32. The molecular formula is C14H18N2O3. The van der Waals surface area contributed by atoms with E-state index in [4.69, 9.17) is 10.5 Å². The van der Waals surface area contributed by atoms with E-state index in [1.54, 1.807) is 7.11 Å². The van der Waals surface area contributed by atoms with Crippen molar-refractivity contribution in [3.05, 3.63) is 29.8 Å². The molecule has 0 bridgehead atoms. The summed E-state index contributed by atoms with van der Waals surface area (Å²) in [6.45, 7) is 0.347. The Kier molecular flexibility index (Phi) is 4.16. The number of nitrogens with zero attached hydrogens (tertiary/aromatic N) is 1. The SMILES string of the molecule is COc1ccc(CCC(=O)N2CC(N)CC2=O)cc1. The standard InChI is InChI=1S/C14H18N2O3/c1-19-12-5-2-10(3-6-12)4-7-13(17)16-9-11(15)8-14(16)18/h2-3,5-6,11H,4,7-9,15H2,1H3. The van der Waals surface area contributed by atoms with Crippen molar-refractivity contribution < 1.29 is 14.3 Å². The lowest BCUT2D eigenvalue weighted by Gasteiger charge is -2.13. The number of amides is 2. The summed E-state index contributed by atoms with van der Waals surface area (Å²) < 4.78 is 5.07. The van der Waals surface area contributed by atoms with E-state index in [0.29, 0.717) is 19.4 Å². The molecule has 0 spiro atoms. The van der Waals surface area contributed by atoms with Crippen LogP contribution in [-0.4, -0.2) is 36.4 Å². The molecule has 0 radical (unpaired) electrons. The fourth-order valence-electron chi connectivity index (χ4n) is 2.15. The normalized spacial score (nSPS) is 18.7. The molecule has 1 aromatic carbocycles. The van der Waals surface area contributed by atoms with Gasteiger partial charge in [-0.1, -0.05) is 12.1 Å². The highest BCUT2D eigenvalue weighted by Gasteiger charge is 2.31. The first-order chi connectivity index (χ1) is 9.10. The number of hydrogen-bond donors (Lipinski definition) is 1. The molecule has 2 amide bonds. The molecule has 1 heterocycles. The van der Waals surface area contributed by atoms with Gasteiger partial charge in [-0.15, -0.1) is 0 Å². The van der Waals surface area contributed by atoms with Gasteiger partial charge in [-0.2, -0.15) is 0 Å². The van der Waals surface area contributed by atoms with E-state index in [2.05, 4.69) is 0 Å². The quantitative estimate of drug-likeness (QED) is 0.867. The van der Waals surface area contributed by atoms with Crippen molar-refractivity contribution in [2.24, 2.45) is 5.73 Å². The minimum Gasteiger partial charge on any atom is -0.497 e. The van der Waals surface area contributed by atoms with Crippen LogP contribution in [0.3, 0.4) is 0 Å². The zero-order valence-corrected chi connectivity index (χ0v) is 11.0. The van der Waals surface area contributed by atoms with Gasteiger partial charge in [0, 0.05) is 25.4 Å². The second-order valence-electron chi connectivity index (χ2n) is 4.71. The summed E-state index contributed by atoms with van der Waals surface area (Å²) in [7, 11) is 1.61. The van der Waals surface area contributed by atoms with Crippen molar-refractivity contribution >= 4 is 11.8 Å². The maximum atomic E-state index is 11.9. The van der Waals surface area contributed by atoms with Crippen LogP contribution in [0.5, 0.6) is 5.75 Å². The molecule has 5 heteroatoms. The zero-order valence-electron chi connectivity index (χ0n) is 11.0. The average molecular weight is 262 g/mol. The maximum absolute atomic E-state index is 11.9. The molecule has 1 aliphatic heterocycles. The van der Waals surface area contributed by atoms with E-state index < -0.39 is 0 Å². The third-order valence-electron chi connectivity index (χ3n) is 3.24. The molecule has 2 N–H and O–H groups in total. The van der Waals surface area contributed by atoms with Gasteiger partial charge in [0.15, 0.2) is 0 Å². The van der Waals surface area contributed by atoms with Crippen LogP contribution in [0.1, 0.15) is 18.4 Å². The van der Waals surface area contributed by atoms with Crippen LogP contribution in [0.2, 0.25) is 0 Å². The molecule has 19 heavy (non-hydrogen) atoms. The topological polar surface area (TPSA) is 72.6 Å². The van der Waals surface area contributed by atoms with Gasteiger partial charge in [0.25, 0.3) is 0 Å². The van der Waals surface area contributed by atoms with Gasteiger partial charge in [0.1, 0.15) is 5.75 Å². The van der Waals surface area contributed by atoms with E-state index in [-0.39, 0.29) is 24.3 Å². The van der Waals surface area contributed by atoms with Crippen LogP contribution >= 0.6 is 0 Å². The Morgan fingerprint density at radius 3 is 2.63 bits per heavy atom. The number of likely N-dealkylation sites (tertiary alicyclic amines) is 1. The van der Waals surface area contributed by atoms with Crippen molar-refractivity contribution in [3.63, 3.8) is 0 Å². The Bertz CT molecular complexity index is 470. The largest absolute Gasteiger partial charge is 0.497 e. The number of carbonyl (C=O) groups excluding carboxylic acids is 2. The van der Waals surface area contributed by atoms with E-state index in [1.807, 2.05) is 24.3 Å². The fraction of sp³-hybridized carbons (Fsp3) is 0.429. The van der Waals surface area contributed by atoms with Crippen molar-refractivity contribution in [2.45, 2.75) is 25.3 Å². The summed E-state index contributed by atoms with van der Waals surface area (Å²) in [4.78, 5) is 24.7. The highest BCUT2D eigenvalue weighted by atomic mass is 16.5. The molecule has 1 aromatic rings. The van der Waals surface area contributed by atoms with Crippen LogP contribution < -0.4 is 10.5 Å². The van der Waals surface area contributed by atoms with Crippen LogP contribution in [-0.2, 0) is 16.0 Å². The maximum Gasteiger partial charge on any atom is 0.230 e. The number of methoxy groups -OCH3 is 1. The van der Waals surface area contributed by atoms with Gasteiger partial charge in [-0.25, -0.2) is 0 Å². The number of hydrogen-bond acceptors (Lipinski definition) is 4. The summed E-state index contributed by atoms with van der Waals surface area (Å²) in [6.07, 6.45) is 1.21. The first-order valence-corrected chi connectivity index (χ1v) is 6.32. The van der Waals surface area contributed by atoms with Crippen LogP contribution in [0.25, 0.3) is 0 Å². The number of rotatable bonds is 4. The van der Waals surface area contributed by atoms with Gasteiger partial charge in [-0.3, -0.25) is 14.5 Å². The Labute approximate surface area is 112 Å². The predicted molar refractivity (Wildman–Crippen MR) is 70.6 cm³/mol. The molecule has 1 atom stereocenters. The summed E-state index contributed by atoms with van der Waals surface area (Å²) in [5.41, 5.74) is 6.71. The molecule has 1 saturated heterocycles. The Morgan fingerprint density at radius 2 is 2.11 bits per heavy atom. The van der Waals surface area contributed by atoms with Crippen molar-refractivity contribution in [2.75, 3.05) is 13.7 Å². The Morgan fingerprint density at radius 1 is 1.42 bits per heavy atom. The van der Waals surface area contributed by atoms with Gasteiger partial charge in [0.2, 0.25) is 11.8 Å². The molecule has 2 rings (SSSR count). The zero-order chi connectivity index (χ0) is 13.8. The van der Waals surface area contributed by atoms with E-state index in [0.717, 1.165) is 11.3 Å². The summed E-state index contributed by atoms with van der Waals surface area (Å²) in [5, 5.41) is 0. The van der Waals surface area contributed by atoms with Gasteiger partial charge >= 0.3 is 0 Å². The summed E-state index contributed by atoms with van der Waals surface area (Å²) >= 11 is 0. The molecule has 0 aromatic heterocycles. The lowest BCUT2D eigenvalue weighted by atomic mass is 10.1. The first-order valence-electron chi connectivity index (χ1n) is 6.32. The number of carbonyl (C=O) groups is 2. The molecule has 1 unspecified atom stereocenters. The van der Waals surface area contributed by atoms with Crippen molar-refractivity contribution in [1.29, 1.82) is 0 Å². The molecule has 0 aliphatic carbocycles. The van der Waals surface area contributed by atoms with E-state index >= 15 is 0 Å². The summed E-state index contributed by atoms with van der Waals surface area (Å²) in [5.74, 6) is 0.483. The average Bonchev–Trinajstić information content (AvgIpc) is 2.75. The lowest BCUT2D eigenvalue weighted by molar-refractivity contribution is -0.141. The highest BCUT2D eigenvalue weighted by Crippen LogP contribution is 2.15.